The van der Waals surface area contributed by atoms with Gasteiger partial charge in [-0.15, -0.1) is 0 Å². The minimum Gasteiger partial charge on any atom is -0.352 e. The van der Waals surface area contributed by atoms with E-state index in [1.165, 1.54) is 12.1 Å². The van der Waals surface area contributed by atoms with E-state index in [1.54, 1.807) is 17.0 Å². The molecule has 0 saturated heterocycles. The van der Waals surface area contributed by atoms with Crippen LogP contribution in [0.25, 0.3) is 0 Å². The molecule has 0 heterocycles. The Kier molecular flexibility index (Phi) is 8.76. The fourth-order valence-electron chi connectivity index (χ4n) is 3.65. The summed E-state index contributed by atoms with van der Waals surface area (Å²) < 4.78 is 13.5. The summed E-state index contributed by atoms with van der Waals surface area (Å²) in [6.07, 6.45) is 1.37. The van der Waals surface area contributed by atoms with Gasteiger partial charge in [-0.1, -0.05) is 79.7 Å². The highest BCUT2D eigenvalue weighted by molar-refractivity contribution is 5.89. The molecule has 33 heavy (non-hydrogen) atoms. The second-order valence-corrected chi connectivity index (χ2v) is 8.33. The van der Waals surface area contributed by atoms with Gasteiger partial charge in [-0.05, 0) is 42.2 Å². The molecule has 2 atom stereocenters. The molecule has 0 fully saturated rings. The summed E-state index contributed by atoms with van der Waals surface area (Å²) in [6.45, 7) is 4.18. The molecule has 0 aliphatic heterocycles. The summed E-state index contributed by atoms with van der Waals surface area (Å²) in [7, 11) is 0. The number of nitrogens with zero attached hydrogens (tertiary/aromatic N) is 1. The minimum atomic E-state index is -0.692. The molecular formula is C28H31FN2O2. The van der Waals surface area contributed by atoms with Gasteiger partial charge >= 0.3 is 0 Å². The number of hydrogen-bond acceptors (Lipinski definition) is 2. The quantitative estimate of drug-likeness (QED) is 0.480. The van der Waals surface area contributed by atoms with E-state index in [0.29, 0.717) is 6.42 Å². The number of benzene rings is 3. The molecule has 172 valence electrons. The van der Waals surface area contributed by atoms with Crippen LogP contribution in [0.5, 0.6) is 0 Å². The molecule has 3 rings (SSSR count). The molecule has 1 N–H and O–H groups in total. The fraction of sp³-hybridized carbons (Fsp3) is 0.286. The van der Waals surface area contributed by atoms with Crippen LogP contribution in [0.3, 0.4) is 0 Å². The molecule has 4 nitrogen and oxygen atoms in total. The van der Waals surface area contributed by atoms with Crippen molar-refractivity contribution < 1.29 is 14.0 Å². The van der Waals surface area contributed by atoms with Gasteiger partial charge in [0.05, 0.1) is 6.42 Å². The lowest BCUT2D eigenvalue weighted by Gasteiger charge is -2.32. The van der Waals surface area contributed by atoms with Crippen LogP contribution in [-0.4, -0.2) is 28.8 Å². The van der Waals surface area contributed by atoms with Gasteiger partial charge in [0.15, 0.2) is 0 Å². The van der Waals surface area contributed by atoms with Crippen LogP contribution in [0.15, 0.2) is 84.9 Å². The Morgan fingerprint density at radius 3 is 2.00 bits per heavy atom. The third kappa shape index (κ3) is 7.28. The van der Waals surface area contributed by atoms with E-state index in [4.69, 9.17) is 0 Å². The van der Waals surface area contributed by atoms with E-state index in [0.717, 1.165) is 23.1 Å². The first-order valence-corrected chi connectivity index (χ1v) is 11.4. The van der Waals surface area contributed by atoms with Crippen LogP contribution in [-0.2, 0) is 29.0 Å². The first-order chi connectivity index (χ1) is 16.0. The Hall–Kier alpha value is -3.47. The predicted molar refractivity (Wildman–Crippen MR) is 129 cm³/mol. The minimum absolute atomic E-state index is 0.00679. The highest BCUT2D eigenvalue weighted by atomic mass is 19.1. The Morgan fingerprint density at radius 1 is 0.848 bits per heavy atom. The number of carbonyl (C=O) groups excluding carboxylic acids is 2. The summed E-state index contributed by atoms with van der Waals surface area (Å²) in [5.74, 6) is -0.668. The van der Waals surface area contributed by atoms with Crippen LogP contribution in [0.4, 0.5) is 4.39 Å². The molecular weight excluding hydrogens is 415 g/mol. The summed E-state index contributed by atoms with van der Waals surface area (Å²) >= 11 is 0. The second kappa shape index (κ2) is 12.0. The maximum atomic E-state index is 13.5. The van der Waals surface area contributed by atoms with Crippen molar-refractivity contribution in [2.24, 2.45) is 0 Å². The zero-order valence-electron chi connectivity index (χ0n) is 19.2. The number of hydrogen-bond donors (Lipinski definition) is 1. The molecule has 0 aliphatic carbocycles. The molecule has 2 amide bonds. The molecule has 0 spiro atoms. The van der Waals surface area contributed by atoms with E-state index in [9.17, 15) is 14.0 Å². The third-order valence-electron chi connectivity index (χ3n) is 5.74. The summed E-state index contributed by atoms with van der Waals surface area (Å²) in [5.41, 5.74) is 2.62. The maximum Gasteiger partial charge on any atom is 0.243 e. The first-order valence-electron chi connectivity index (χ1n) is 11.4. The van der Waals surface area contributed by atoms with Gasteiger partial charge in [-0.3, -0.25) is 9.59 Å². The van der Waals surface area contributed by atoms with Gasteiger partial charge in [0, 0.05) is 19.0 Å². The van der Waals surface area contributed by atoms with Crippen LogP contribution >= 0.6 is 0 Å². The maximum absolute atomic E-state index is 13.5. The number of rotatable bonds is 10. The van der Waals surface area contributed by atoms with Crippen molar-refractivity contribution in [3.63, 3.8) is 0 Å². The molecule has 0 saturated carbocycles. The Labute approximate surface area is 195 Å². The zero-order valence-corrected chi connectivity index (χ0v) is 19.2. The third-order valence-corrected chi connectivity index (χ3v) is 5.74. The largest absolute Gasteiger partial charge is 0.352 e. The van der Waals surface area contributed by atoms with Crippen molar-refractivity contribution in [1.29, 1.82) is 0 Å². The molecule has 3 aromatic carbocycles. The lowest BCUT2D eigenvalue weighted by molar-refractivity contribution is -0.141. The topological polar surface area (TPSA) is 49.4 Å². The van der Waals surface area contributed by atoms with Gasteiger partial charge in [0.25, 0.3) is 0 Å². The van der Waals surface area contributed by atoms with Crippen LogP contribution in [0.2, 0.25) is 0 Å². The molecule has 0 radical (unpaired) electrons. The van der Waals surface area contributed by atoms with Gasteiger partial charge in [-0.25, -0.2) is 4.39 Å². The number of carbonyl (C=O) groups is 2. The van der Waals surface area contributed by atoms with Crippen molar-refractivity contribution in [1.82, 2.24) is 10.2 Å². The van der Waals surface area contributed by atoms with Crippen molar-refractivity contribution in [2.75, 3.05) is 0 Å². The standard InChI is InChI=1S/C28H31FN2O2/c1-3-21(2)30-28(33)26(18-22-10-6-4-7-11-22)31(20-24-14-16-25(29)17-15-24)27(32)19-23-12-8-5-9-13-23/h4-17,21,26H,3,18-20H2,1-2H3,(H,30,33)/t21-,26+/m1/s1. The molecule has 0 bridgehead atoms. The van der Waals surface area contributed by atoms with Crippen molar-refractivity contribution >= 4 is 11.8 Å². The highest BCUT2D eigenvalue weighted by Crippen LogP contribution is 2.17. The Morgan fingerprint density at radius 2 is 1.42 bits per heavy atom. The highest BCUT2D eigenvalue weighted by Gasteiger charge is 2.31. The van der Waals surface area contributed by atoms with E-state index in [1.807, 2.05) is 74.5 Å². The first kappa shape index (κ1) is 24.2. The molecule has 0 aromatic heterocycles. The summed E-state index contributed by atoms with van der Waals surface area (Å²) in [5, 5.41) is 3.05. The average molecular weight is 447 g/mol. The second-order valence-electron chi connectivity index (χ2n) is 8.33. The SMILES string of the molecule is CC[C@@H](C)NC(=O)[C@H](Cc1ccccc1)N(Cc1ccc(F)cc1)C(=O)Cc1ccccc1. The van der Waals surface area contributed by atoms with Gasteiger partial charge in [0.1, 0.15) is 11.9 Å². The lowest BCUT2D eigenvalue weighted by atomic mass is 10.0. The lowest BCUT2D eigenvalue weighted by Crippen LogP contribution is -2.52. The van der Waals surface area contributed by atoms with E-state index in [-0.39, 0.29) is 36.6 Å². The predicted octanol–water partition coefficient (Wildman–Crippen LogP) is 4.92. The molecule has 3 aromatic rings. The van der Waals surface area contributed by atoms with Crippen molar-refractivity contribution in [3.05, 3.63) is 107 Å². The molecule has 5 heteroatoms. The van der Waals surface area contributed by atoms with Crippen molar-refractivity contribution in [2.45, 2.75) is 51.7 Å². The van der Waals surface area contributed by atoms with Gasteiger partial charge < -0.3 is 10.2 Å². The number of halogens is 1. The van der Waals surface area contributed by atoms with Crippen LogP contribution < -0.4 is 5.32 Å². The van der Waals surface area contributed by atoms with Crippen molar-refractivity contribution in [3.8, 4) is 0 Å². The fourth-order valence-corrected chi connectivity index (χ4v) is 3.65. The Bertz CT molecular complexity index is 1020. The smallest absolute Gasteiger partial charge is 0.243 e. The molecule has 0 aliphatic rings. The monoisotopic (exact) mass is 446 g/mol. The molecule has 0 unspecified atom stereocenters. The average Bonchev–Trinajstić information content (AvgIpc) is 2.83. The summed E-state index contributed by atoms with van der Waals surface area (Å²) in [4.78, 5) is 28.6. The zero-order chi connectivity index (χ0) is 23.6. The van der Waals surface area contributed by atoms with E-state index < -0.39 is 6.04 Å². The van der Waals surface area contributed by atoms with Crippen LogP contribution in [0.1, 0.15) is 37.0 Å². The van der Waals surface area contributed by atoms with Gasteiger partial charge in [0.2, 0.25) is 11.8 Å². The van der Waals surface area contributed by atoms with E-state index in [2.05, 4.69) is 5.32 Å². The van der Waals surface area contributed by atoms with Crippen LogP contribution in [0, 0.1) is 5.82 Å². The number of nitrogens with one attached hydrogen (secondary N) is 1. The number of amides is 2. The van der Waals surface area contributed by atoms with Gasteiger partial charge in [-0.2, -0.15) is 0 Å². The van der Waals surface area contributed by atoms with E-state index >= 15 is 0 Å². The normalized spacial score (nSPS) is 12.6. The summed E-state index contributed by atoms with van der Waals surface area (Å²) in [6, 6.07) is 24.6. The Balaban J connectivity index is 1.95.